The summed E-state index contributed by atoms with van der Waals surface area (Å²) in [5.74, 6) is -8.79. The van der Waals surface area contributed by atoms with Gasteiger partial charge in [0.1, 0.15) is 16.8 Å². The molecule has 0 aromatic heterocycles. The van der Waals surface area contributed by atoms with E-state index in [1.165, 1.54) is 30.3 Å². The maximum atomic E-state index is 12.3. The fourth-order valence-electron chi connectivity index (χ4n) is 12.4. The first-order chi connectivity index (χ1) is 60.7. The van der Waals surface area contributed by atoms with Gasteiger partial charge in [-0.05, 0) is 124 Å². The van der Waals surface area contributed by atoms with Crippen LogP contribution in [-0.4, -0.2) is 122 Å². The van der Waals surface area contributed by atoms with Crippen LogP contribution < -0.4 is 26.2 Å². The number of aromatic carboxylic acids is 5. The molecule has 1 saturated heterocycles. The standard InChI is InChI=1S/4C16H14N2O5.C15H13NO4.C12H16N2O2/c1-10-2-4-11(5-3-10)9-17-15(19)14-8-12(18(22)23)6-7-13(14)16(20)21;1-10-2-4-11(5-3-10)9-17-15(19)13-7-6-12(18(22)23)8-14(13)16(20)21;1-10-5-7-11(8-6-10)9-17-15(19)14-12(16(20)21)3-2-4-13(14)18(22)23;1-10-5-7-11(8-6-10)9-17-15(19)12-3-2-4-13(18(22)23)14(12)16(20)21;1-10-3-2-4-11(7-10)8-12-5-6-13(16(19)20)9-14(12)15(17)18;1-10-6-8-13(9-7-10)11-4-2-3-5-12(11)14(15)16/h4*2-8H,9H2,1H3,(H,17,19)(H,20,21);2-7,9H,8H2,1H3,(H,17,18);2-5,10H,6-9H2,1H3. The van der Waals surface area contributed by atoms with E-state index in [0.29, 0.717) is 12.0 Å². The average Bonchev–Trinajstić information content (AvgIpc) is 0.805. The first-order valence-electron chi connectivity index (χ1n) is 38.7. The number of carbonyl (C=O) groups excluding carboxylic acids is 4. The molecule has 0 bridgehead atoms. The summed E-state index contributed by atoms with van der Waals surface area (Å²) < 4.78 is 0. The minimum absolute atomic E-state index is 0.0271. The monoisotopic (exact) mass is 1750 g/mol. The zero-order valence-electron chi connectivity index (χ0n) is 69.4. The molecule has 37 heteroatoms. The summed E-state index contributed by atoms with van der Waals surface area (Å²) in [4.78, 5) is 168. The second-order valence-corrected chi connectivity index (χ2v) is 28.8. The largest absolute Gasteiger partial charge is 0.478 e. The molecule has 660 valence electrons. The number of nitrogens with zero attached hydrogens (tertiary/aromatic N) is 7. The Labute approximate surface area is 728 Å². The summed E-state index contributed by atoms with van der Waals surface area (Å²) in [6.45, 7) is 14.5. The molecule has 0 unspecified atom stereocenters. The highest BCUT2D eigenvalue weighted by molar-refractivity contribution is 6.09. The topological polar surface area (TPSA) is 565 Å². The van der Waals surface area contributed by atoms with Crippen LogP contribution in [0.2, 0.25) is 0 Å². The number of non-ortho nitro benzene ring substituents is 3. The van der Waals surface area contributed by atoms with Crippen molar-refractivity contribution in [1.29, 1.82) is 0 Å². The van der Waals surface area contributed by atoms with Gasteiger partial charge < -0.3 is 51.7 Å². The predicted molar refractivity (Wildman–Crippen MR) is 467 cm³/mol. The van der Waals surface area contributed by atoms with Gasteiger partial charge in [-0.3, -0.25) is 79.9 Å². The van der Waals surface area contributed by atoms with Crippen LogP contribution in [0.4, 0.5) is 39.8 Å². The molecule has 12 rings (SSSR count). The van der Waals surface area contributed by atoms with E-state index in [0.717, 1.165) is 154 Å². The van der Waals surface area contributed by atoms with Crippen molar-refractivity contribution in [2.75, 3.05) is 18.0 Å². The van der Waals surface area contributed by atoms with Gasteiger partial charge in [-0.1, -0.05) is 186 Å². The zero-order chi connectivity index (χ0) is 94.2. The third-order valence-electron chi connectivity index (χ3n) is 19.3. The third-order valence-corrected chi connectivity index (χ3v) is 19.3. The fourth-order valence-corrected chi connectivity index (χ4v) is 12.4. The van der Waals surface area contributed by atoms with Crippen molar-refractivity contribution in [2.45, 2.75) is 87.0 Å². The number of para-hydroxylation sites is 2. The number of aryl methyl sites for hydroxylation is 5. The number of nitro benzene ring substituents is 6. The zero-order valence-corrected chi connectivity index (χ0v) is 69.4. The average molecular weight is 1750 g/mol. The lowest BCUT2D eigenvalue weighted by atomic mass is 9.98. The van der Waals surface area contributed by atoms with Crippen LogP contribution in [0.3, 0.4) is 0 Å². The Bertz CT molecular complexity index is 5890. The summed E-state index contributed by atoms with van der Waals surface area (Å²) in [6, 6.07) is 61.7. The van der Waals surface area contributed by atoms with Gasteiger partial charge in [-0.25, -0.2) is 24.0 Å². The Morgan fingerprint density at radius 2 is 0.664 bits per heavy atom. The molecule has 1 aliphatic heterocycles. The van der Waals surface area contributed by atoms with E-state index in [4.69, 9.17) is 15.3 Å². The molecule has 11 aromatic rings. The molecular weight excluding hydrogens is 1660 g/mol. The van der Waals surface area contributed by atoms with Gasteiger partial charge in [0.05, 0.1) is 68.5 Å². The summed E-state index contributed by atoms with van der Waals surface area (Å²) >= 11 is 0. The highest BCUT2D eigenvalue weighted by Crippen LogP contribution is 2.32. The summed E-state index contributed by atoms with van der Waals surface area (Å²) in [6.07, 6.45) is 2.67. The molecule has 1 fully saturated rings. The van der Waals surface area contributed by atoms with E-state index in [-0.39, 0.29) is 81.7 Å². The van der Waals surface area contributed by atoms with E-state index < -0.39 is 112 Å². The molecule has 128 heavy (non-hydrogen) atoms. The van der Waals surface area contributed by atoms with Gasteiger partial charge in [-0.15, -0.1) is 0 Å². The lowest BCUT2D eigenvalue weighted by Gasteiger charge is -2.31. The van der Waals surface area contributed by atoms with Gasteiger partial charge in [0.2, 0.25) is 0 Å². The number of carboxylic acids is 5. The third kappa shape index (κ3) is 29.0. The molecule has 37 nitrogen and oxygen atoms in total. The van der Waals surface area contributed by atoms with E-state index in [9.17, 15) is 114 Å². The van der Waals surface area contributed by atoms with Gasteiger partial charge in [0, 0.05) is 93.9 Å². The first kappa shape index (κ1) is 98.0. The Hall–Kier alpha value is -17.2. The van der Waals surface area contributed by atoms with Crippen molar-refractivity contribution in [1.82, 2.24) is 21.3 Å². The van der Waals surface area contributed by atoms with Crippen molar-refractivity contribution in [3.8, 4) is 0 Å². The number of nitrogens with one attached hydrogen (secondary N) is 4. The Balaban J connectivity index is 0.000000211. The van der Waals surface area contributed by atoms with Gasteiger partial charge in [-0.2, -0.15) is 0 Å². The number of carbonyl (C=O) groups is 9. The van der Waals surface area contributed by atoms with Crippen molar-refractivity contribution in [3.05, 3.63) is 409 Å². The second kappa shape index (κ2) is 46.8. The van der Waals surface area contributed by atoms with E-state index >= 15 is 0 Å². The minimum Gasteiger partial charge on any atom is -0.478 e. The van der Waals surface area contributed by atoms with Crippen LogP contribution in [0, 0.1) is 101 Å². The summed E-state index contributed by atoms with van der Waals surface area (Å²) in [5.41, 5.74) is 6.42. The maximum Gasteiger partial charge on any atom is 0.343 e. The highest BCUT2D eigenvalue weighted by atomic mass is 16.6. The Morgan fingerprint density at radius 1 is 0.312 bits per heavy atom. The summed E-state index contributed by atoms with van der Waals surface area (Å²) in [5, 5.41) is 121. The van der Waals surface area contributed by atoms with Crippen molar-refractivity contribution >= 4 is 93.3 Å². The predicted octanol–water partition coefficient (Wildman–Crippen LogP) is 16.1. The molecule has 0 saturated carbocycles. The second-order valence-electron chi connectivity index (χ2n) is 28.8. The normalized spacial score (nSPS) is 11.1. The lowest BCUT2D eigenvalue weighted by Crippen LogP contribution is -2.33. The van der Waals surface area contributed by atoms with Gasteiger partial charge >= 0.3 is 29.8 Å². The maximum absolute atomic E-state index is 12.3. The highest BCUT2D eigenvalue weighted by Gasteiger charge is 2.30. The number of carboxylic acid groups (broad SMARTS) is 5. The number of anilines is 1. The van der Waals surface area contributed by atoms with Gasteiger partial charge in [0.25, 0.3) is 57.8 Å². The molecule has 0 radical (unpaired) electrons. The molecule has 4 amide bonds. The van der Waals surface area contributed by atoms with Crippen LogP contribution in [0.5, 0.6) is 0 Å². The van der Waals surface area contributed by atoms with E-state index in [2.05, 4.69) is 33.1 Å². The smallest absolute Gasteiger partial charge is 0.343 e. The number of rotatable bonds is 26. The molecule has 0 atom stereocenters. The van der Waals surface area contributed by atoms with Gasteiger partial charge in [0.15, 0.2) is 0 Å². The molecule has 1 heterocycles. The lowest BCUT2D eigenvalue weighted by molar-refractivity contribution is -0.385. The van der Waals surface area contributed by atoms with Crippen molar-refractivity contribution < 1.29 is 98.2 Å². The molecule has 1 aliphatic rings. The number of piperidine rings is 1. The van der Waals surface area contributed by atoms with E-state index in [1.54, 1.807) is 12.1 Å². The quantitative estimate of drug-likeness (QED) is 0.0180. The number of hydrogen-bond acceptors (Lipinski definition) is 22. The van der Waals surface area contributed by atoms with Crippen molar-refractivity contribution in [3.63, 3.8) is 0 Å². The number of amides is 4. The fraction of sp³-hybridized carbons (Fsp3) is 0.176. The number of nitro groups is 6. The van der Waals surface area contributed by atoms with Crippen LogP contribution in [0.1, 0.15) is 174 Å². The van der Waals surface area contributed by atoms with Crippen LogP contribution in [0.15, 0.2) is 237 Å². The SMILES string of the molecule is CC1CCN(c2ccccc2[N+](=O)[O-])CC1.Cc1ccc(CNC(=O)c2c(C(=O)O)cccc2[N+](=O)[O-])cc1.Cc1ccc(CNC(=O)c2cc([N+](=O)[O-])ccc2C(=O)O)cc1.Cc1ccc(CNC(=O)c2ccc([N+](=O)[O-])cc2C(=O)O)cc1.Cc1ccc(CNC(=O)c2cccc([N+](=O)[O-])c2C(=O)O)cc1.Cc1cccc(Cc2ccc([N+](=O)[O-])cc2C(=O)O)c1. The molecule has 0 aliphatic carbocycles. The minimum atomic E-state index is -1.52. The first-order valence-corrected chi connectivity index (χ1v) is 38.7. The molecule has 9 N–H and O–H groups in total. The van der Waals surface area contributed by atoms with Crippen LogP contribution in [0.25, 0.3) is 0 Å². The van der Waals surface area contributed by atoms with Crippen LogP contribution >= 0.6 is 0 Å². The number of benzene rings is 11. The molecule has 11 aromatic carbocycles. The Kier molecular flexibility index (Phi) is 35.8. The summed E-state index contributed by atoms with van der Waals surface area (Å²) in [7, 11) is 0. The van der Waals surface area contributed by atoms with Crippen LogP contribution in [-0.2, 0) is 32.6 Å². The molecule has 0 spiro atoms. The van der Waals surface area contributed by atoms with Crippen molar-refractivity contribution in [2.24, 2.45) is 5.92 Å². The molecular formula is C91H85N11O26. The van der Waals surface area contributed by atoms with E-state index in [1.807, 2.05) is 168 Å². The number of hydrogen-bond donors (Lipinski definition) is 9. The Morgan fingerprint density at radius 3 is 1.07 bits per heavy atom.